The van der Waals surface area contributed by atoms with Gasteiger partial charge in [-0.15, -0.1) is 0 Å². The highest BCUT2D eigenvalue weighted by molar-refractivity contribution is 5.47. The minimum atomic E-state index is 0.786. The summed E-state index contributed by atoms with van der Waals surface area (Å²) < 4.78 is 5.60. The van der Waals surface area contributed by atoms with Crippen LogP contribution in [0.5, 0.6) is 0 Å². The lowest BCUT2D eigenvalue weighted by molar-refractivity contribution is 0.167. The standard InChI is InChI=1S/C15H20O/c1-3-7-14(8-4-1)11-12-16-13-15-9-5-2-6-10-15/h1,3-4,7-8,11-12,15H,2,5-6,9-10,13H2/b12-11+. The second-order valence-electron chi connectivity index (χ2n) is 4.55. The van der Waals surface area contributed by atoms with Gasteiger partial charge in [-0.3, -0.25) is 0 Å². The zero-order valence-corrected chi connectivity index (χ0v) is 9.77. The molecule has 0 N–H and O–H groups in total. The summed E-state index contributed by atoms with van der Waals surface area (Å²) in [5, 5.41) is 0. The first kappa shape index (κ1) is 11.3. The maximum absolute atomic E-state index is 5.60. The Balaban J connectivity index is 1.69. The Hall–Kier alpha value is -1.24. The van der Waals surface area contributed by atoms with Crippen molar-refractivity contribution in [2.75, 3.05) is 6.61 Å². The summed E-state index contributed by atoms with van der Waals surface area (Å²) in [6, 6.07) is 10.3. The van der Waals surface area contributed by atoms with Crippen LogP contribution in [-0.4, -0.2) is 6.61 Å². The van der Waals surface area contributed by atoms with Gasteiger partial charge in [-0.05, 0) is 30.4 Å². The van der Waals surface area contributed by atoms with E-state index in [0.717, 1.165) is 12.5 Å². The number of hydrogen-bond acceptors (Lipinski definition) is 1. The summed E-state index contributed by atoms with van der Waals surface area (Å²) in [6.07, 6.45) is 10.7. The first-order valence-corrected chi connectivity index (χ1v) is 6.28. The van der Waals surface area contributed by atoms with E-state index in [2.05, 4.69) is 12.1 Å². The van der Waals surface area contributed by atoms with Gasteiger partial charge in [-0.2, -0.15) is 0 Å². The van der Waals surface area contributed by atoms with E-state index in [9.17, 15) is 0 Å². The molecule has 0 aliphatic heterocycles. The molecule has 1 aliphatic rings. The molecule has 1 fully saturated rings. The van der Waals surface area contributed by atoms with Gasteiger partial charge in [0.2, 0.25) is 0 Å². The van der Waals surface area contributed by atoms with Gasteiger partial charge in [-0.1, -0.05) is 49.6 Å². The van der Waals surface area contributed by atoms with Gasteiger partial charge >= 0.3 is 0 Å². The molecule has 0 saturated heterocycles. The molecule has 0 atom stereocenters. The summed E-state index contributed by atoms with van der Waals surface area (Å²) in [5.41, 5.74) is 1.20. The Morgan fingerprint density at radius 3 is 2.56 bits per heavy atom. The van der Waals surface area contributed by atoms with Crippen LogP contribution in [0.15, 0.2) is 36.6 Å². The molecule has 1 aromatic rings. The fraction of sp³-hybridized carbons (Fsp3) is 0.467. The van der Waals surface area contributed by atoms with Crippen molar-refractivity contribution in [3.8, 4) is 0 Å². The molecule has 0 aromatic heterocycles. The van der Waals surface area contributed by atoms with E-state index < -0.39 is 0 Å². The van der Waals surface area contributed by atoms with Gasteiger partial charge in [0.1, 0.15) is 0 Å². The lowest BCUT2D eigenvalue weighted by Gasteiger charge is -2.20. The van der Waals surface area contributed by atoms with E-state index in [1.165, 1.54) is 37.7 Å². The van der Waals surface area contributed by atoms with E-state index in [-0.39, 0.29) is 0 Å². The van der Waals surface area contributed by atoms with Gasteiger partial charge in [0, 0.05) is 0 Å². The summed E-state index contributed by atoms with van der Waals surface area (Å²) in [7, 11) is 0. The molecular formula is C15H20O. The van der Waals surface area contributed by atoms with Crippen molar-refractivity contribution in [3.63, 3.8) is 0 Å². The summed E-state index contributed by atoms with van der Waals surface area (Å²) in [5.74, 6) is 0.786. The molecule has 0 spiro atoms. The summed E-state index contributed by atoms with van der Waals surface area (Å²) in [6.45, 7) is 0.892. The van der Waals surface area contributed by atoms with Gasteiger partial charge in [-0.25, -0.2) is 0 Å². The van der Waals surface area contributed by atoms with Crippen LogP contribution in [0.25, 0.3) is 6.08 Å². The highest BCUT2D eigenvalue weighted by Gasteiger charge is 2.12. The molecule has 0 amide bonds. The highest BCUT2D eigenvalue weighted by atomic mass is 16.5. The van der Waals surface area contributed by atoms with E-state index in [1.54, 1.807) is 0 Å². The Bertz CT molecular complexity index is 309. The van der Waals surface area contributed by atoms with Gasteiger partial charge in [0.25, 0.3) is 0 Å². The number of hydrogen-bond donors (Lipinski definition) is 0. The average molecular weight is 216 g/mol. The van der Waals surface area contributed by atoms with Crippen molar-refractivity contribution in [2.45, 2.75) is 32.1 Å². The molecule has 1 aromatic carbocycles. The molecule has 0 heterocycles. The minimum Gasteiger partial charge on any atom is -0.501 e. The molecule has 0 unspecified atom stereocenters. The van der Waals surface area contributed by atoms with Crippen LogP contribution < -0.4 is 0 Å². The van der Waals surface area contributed by atoms with Gasteiger partial charge in [0.05, 0.1) is 12.9 Å². The van der Waals surface area contributed by atoms with Crippen LogP contribution in [-0.2, 0) is 4.74 Å². The maximum Gasteiger partial charge on any atom is 0.0901 e. The molecule has 16 heavy (non-hydrogen) atoms. The Morgan fingerprint density at radius 1 is 1.06 bits per heavy atom. The molecule has 2 rings (SSSR count). The molecule has 0 bridgehead atoms. The van der Waals surface area contributed by atoms with Crippen molar-refractivity contribution >= 4 is 6.08 Å². The number of ether oxygens (including phenoxy) is 1. The lowest BCUT2D eigenvalue weighted by Crippen LogP contribution is -2.11. The Labute approximate surface area is 98.1 Å². The fourth-order valence-corrected chi connectivity index (χ4v) is 2.24. The van der Waals surface area contributed by atoms with Crippen LogP contribution in [0.3, 0.4) is 0 Å². The van der Waals surface area contributed by atoms with Gasteiger partial charge < -0.3 is 4.74 Å². The highest BCUT2D eigenvalue weighted by Crippen LogP contribution is 2.23. The second-order valence-corrected chi connectivity index (χ2v) is 4.55. The van der Waals surface area contributed by atoms with Crippen molar-refractivity contribution < 1.29 is 4.74 Å². The van der Waals surface area contributed by atoms with Crippen LogP contribution >= 0.6 is 0 Å². The van der Waals surface area contributed by atoms with E-state index in [0.29, 0.717) is 0 Å². The quantitative estimate of drug-likeness (QED) is 0.683. The normalized spacial score (nSPS) is 17.8. The minimum absolute atomic E-state index is 0.786. The number of rotatable bonds is 4. The smallest absolute Gasteiger partial charge is 0.0901 e. The monoisotopic (exact) mass is 216 g/mol. The third-order valence-electron chi connectivity index (χ3n) is 3.21. The molecule has 0 radical (unpaired) electrons. The molecule has 1 nitrogen and oxygen atoms in total. The molecule has 1 aliphatic carbocycles. The van der Waals surface area contributed by atoms with Crippen molar-refractivity contribution in [3.05, 3.63) is 42.2 Å². The molecule has 86 valence electrons. The first-order chi connectivity index (χ1) is 7.95. The van der Waals surface area contributed by atoms with Crippen molar-refractivity contribution in [2.24, 2.45) is 5.92 Å². The maximum atomic E-state index is 5.60. The van der Waals surface area contributed by atoms with Crippen molar-refractivity contribution in [1.29, 1.82) is 0 Å². The van der Waals surface area contributed by atoms with Crippen LogP contribution in [0.1, 0.15) is 37.7 Å². The zero-order valence-electron chi connectivity index (χ0n) is 9.77. The SMILES string of the molecule is C(=C\c1ccccc1)/OCC1CCCCC1. The Kier molecular flexibility index (Phi) is 4.48. The Morgan fingerprint density at radius 2 is 1.81 bits per heavy atom. The second kappa shape index (κ2) is 6.37. The predicted molar refractivity (Wildman–Crippen MR) is 68.0 cm³/mol. The number of benzene rings is 1. The lowest BCUT2D eigenvalue weighted by atomic mass is 9.90. The first-order valence-electron chi connectivity index (χ1n) is 6.28. The van der Waals surface area contributed by atoms with E-state index in [1.807, 2.05) is 30.5 Å². The van der Waals surface area contributed by atoms with E-state index >= 15 is 0 Å². The largest absolute Gasteiger partial charge is 0.501 e. The van der Waals surface area contributed by atoms with Crippen LogP contribution in [0.4, 0.5) is 0 Å². The van der Waals surface area contributed by atoms with Crippen LogP contribution in [0, 0.1) is 5.92 Å². The average Bonchev–Trinajstić information content (AvgIpc) is 2.37. The molecule has 1 heteroatoms. The predicted octanol–water partition coefficient (Wildman–Crippen LogP) is 4.25. The third kappa shape index (κ3) is 3.73. The zero-order chi connectivity index (χ0) is 11.1. The van der Waals surface area contributed by atoms with Crippen LogP contribution in [0.2, 0.25) is 0 Å². The van der Waals surface area contributed by atoms with Gasteiger partial charge in [0.15, 0.2) is 0 Å². The summed E-state index contributed by atoms with van der Waals surface area (Å²) in [4.78, 5) is 0. The van der Waals surface area contributed by atoms with E-state index in [4.69, 9.17) is 4.74 Å². The van der Waals surface area contributed by atoms with Crippen molar-refractivity contribution in [1.82, 2.24) is 0 Å². The summed E-state index contributed by atoms with van der Waals surface area (Å²) >= 11 is 0. The molecule has 1 saturated carbocycles. The topological polar surface area (TPSA) is 9.23 Å². The molecular weight excluding hydrogens is 196 g/mol. The third-order valence-corrected chi connectivity index (χ3v) is 3.21. The fourth-order valence-electron chi connectivity index (χ4n) is 2.24.